The lowest BCUT2D eigenvalue weighted by atomic mass is 10.1. The molecule has 8 nitrogen and oxygen atoms in total. The van der Waals surface area contributed by atoms with Crippen LogP contribution >= 0.6 is 11.8 Å². The zero-order chi connectivity index (χ0) is 17.8. The first kappa shape index (κ1) is 16.7. The predicted octanol–water partition coefficient (Wildman–Crippen LogP) is 2.30. The maximum absolute atomic E-state index is 12.2. The zero-order valence-corrected chi connectivity index (χ0v) is 14.3. The fourth-order valence-electron chi connectivity index (χ4n) is 2.11. The fraction of sp³-hybridized carbons (Fsp3) is 0.188. The lowest BCUT2D eigenvalue weighted by molar-refractivity contribution is 0.387. The average Bonchev–Trinajstić information content (AvgIpc) is 3.05. The van der Waals surface area contributed by atoms with E-state index >= 15 is 0 Å². The van der Waals surface area contributed by atoms with Gasteiger partial charge in [0, 0.05) is 5.56 Å². The Hall–Kier alpha value is -3.12. The van der Waals surface area contributed by atoms with Crippen LogP contribution in [0.25, 0.3) is 11.3 Å². The van der Waals surface area contributed by atoms with Crippen molar-refractivity contribution in [2.45, 2.75) is 17.8 Å². The number of aromatic nitrogens is 4. The molecule has 0 atom stereocenters. The minimum absolute atomic E-state index is 0.0387. The number of hydrogen-bond donors (Lipinski definition) is 1. The van der Waals surface area contributed by atoms with E-state index in [9.17, 15) is 10.1 Å². The van der Waals surface area contributed by atoms with Gasteiger partial charge in [0.1, 0.15) is 17.4 Å². The number of rotatable bonds is 5. The van der Waals surface area contributed by atoms with Crippen LogP contribution in [0.4, 0.5) is 0 Å². The summed E-state index contributed by atoms with van der Waals surface area (Å²) in [7, 11) is 1.56. The molecule has 1 N–H and O–H groups in total. The number of nitrogens with zero attached hydrogens (tertiary/aromatic N) is 4. The number of H-pyrrole nitrogens is 1. The molecule has 2 aromatic heterocycles. The number of nitrogens with one attached hydrogen (secondary N) is 1. The zero-order valence-electron chi connectivity index (χ0n) is 13.4. The number of aryl methyl sites for hydroxylation is 1. The molecule has 0 amide bonds. The van der Waals surface area contributed by atoms with E-state index in [-0.39, 0.29) is 5.56 Å². The first-order valence-corrected chi connectivity index (χ1v) is 8.20. The van der Waals surface area contributed by atoms with Crippen LogP contribution < -0.4 is 10.3 Å². The summed E-state index contributed by atoms with van der Waals surface area (Å²) in [5.41, 5.74) is 0.438. The van der Waals surface area contributed by atoms with E-state index < -0.39 is 5.56 Å². The molecule has 0 aliphatic rings. The Bertz CT molecular complexity index is 988. The van der Waals surface area contributed by atoms with Crippen molar-refractivity contribution in [3.63, 3.8) is 0 Å². The third-order valence-electron chi connectivity index (χ3n) is 3.27. The third-order valence-corrected chi connectivity index (χ3v) is 4.13. The van der Waals surface area contributed by atoms with E-state index in [1.807, 2.05) is 6.07 Å². The molecule has 0 aliphatic carbocycles. The van der Waals surface area contributed by atoms with Crippen molar-refractivity contribution in [3.8, 4) is 23.1 Å². The highest BCUT2D eigenvalue weighted by molar-refractivity contribution is 7.98. The number of nitriles is 1. The standard InChI is InChI=1S/C16H13N5O3S/c1-9-18-13(24-21-9)8-25-16-19-14(12(7-17)15(22)20-16)10-3-5-11(23-2)6-4-10/h3-6H,8H2,1-2H3,(H,19,20,22). The van der Waals surface area contributed by atoms with Crippen molar-refractivity contribution in [1.82, 2.24) is 20.1 Å². The van der Waals surface area contributed by atoms with Gasteiger partial charge in [-0.25, -0.2) is 4.98 Å². The second kappa shape index (κ2) is 7.19. The lowest BCUT2D eigenvalue weighted by Crippen LogP contribution is -2.14. The number of methoxy groups -OCH3 is 1. The molecule has 0 spiro atoms. The minimum Gasteiger partial charge on any atom is -0.497 e. The molecule has 0 unspecified atom stereocenters. The molecule has 0 fully saturated rings. The summed E-state index contributed by atoms with van der Waals surface area (Å²) < 4.78 is 10.2. The van der Waals surface area contributed by atoms with Crippen molar-refractivity contribution < 1.29 is 9.26 Å². The minimum atomic E-state index is -0.493. The van der Waals surface area contributed by atoms with Crippen LogP contribution in [-0.4, -0.2) is 27.2 Å². The topological polar surface area (TPSA) is 118 Å². The van der Waals surface area contributed by atoms with E-state index in [4.69, 9.17) is 9.26 Å². The Morgan fingerprint density at radius 1 is 1.32 bits per heavy atom. The number of aromatic amines is 1. The van der Waals surface area contributed by atoms with Crippen LogP contribution in [0.3, 0.4) is 0 Å². The van der Waals surface area contributed by atoms with Gasteiger partial charge in [0.15, 0.2) is 11.0 Å². The molecular weight excluding hydrogens is 342 g/mol. The Morgan fingerprint density at radius 3 is 2.68 bits per heavy atom. The normalized spacial score (nSPS) is 10.4. The number of hydrogen-bond acceptors (Lipinski definition) is 8. The van der Waals surface area contributed by atoms with E-state index in [0.717, 1.165) is 0 Å². The van der Waals surface area contributed by atoms with Crippen molar-refractivity contribution in [1.29, 1.82) is 5.26 Å². The van der Waals surface area contributed by atoms with Crippen LogP contribution in [-0.2, 0) is 5.75 Å². The number of thioether (sulfide) groups is 1. The second-order valence-corrected chi connectivity index (χ2v) is 5.92. The molecule has 0 aliphatic heterocycles. The van der Waals surface area contributed by atoms with Crippen molar-refractivity contribution in [3.05, 3.63) is 51.9 Å². The maximum atomic E-state index is 12.2. The first-order chi connectivity index (χ1) is 12.1. The summed E-state index contributed by atoms with van der Waals surface area (Å²) in [4.78, 5) is 23.3. The SMILES string of the molecule is COc1ccc(-c2nc(SCc3nc(C)no3)[nH]c(=O)c2C#N)cc1. The van der Waals surface area contributed by atoms with Gasteiger partial charge in [0.2, 0.25) is 5.89 Å². The van der Waals surface area contributed by atoms with Crippen LogP contribution in [0.5, 0.6) is 5.75 Å². The summed E-state index contributed by atoms with van der Waals surface area (Å²) in [5.74, 6) is 2.00. The van der Waals surface area contributed by atoms with E-state index in [1.165, 1.54) is 11.8 Å². The van der Waals surface area contributed by atoms with Gasteiger partial charge in [-0.15, -0.1) is 0 Å². The molecule has 3 rings (SSSR count). The molecule has 1 aromatic carbocycles. The van der Waals surface area contributed by atoms with E-state index in [0.29, 0.717) is 39.6 Å². The first-order valence-electron chi connectivity index (χ1n) is 7.21. The molecular formula is C16H13N5O3S. The van der Waals surface area contributed by atoms with Gasteiger partial charge in [0.25, 0.3) is 5.56 Å². The molecule has 0 radical (unpaired) electrons. The monoisotopic (exact) mass is 355 g/mol. The second-order valence-electron chi connectivity index (χ2n) is 4.96. The Kier molecular flexibility index (Phi) is 4.81. The quantitative estimate of drug-likeness (QED) is 0.547. The summed E-state index contributed by atoms with van der Waals surface area (Å²) >= 11 is 1.24. The molecule has 9 heteroatoms. The molecule has 2 heterocycles. The number of benzene rings is 1. The van der Waals surface area contributed by atoms with Gasteiger partial charge in [-0.1, -0.05) is 16.9 Å². The largest absolute Gasteiger partial charge is 0.497 e. The van der Waals surface area contributed by atoms with Crippen molar-refractivity contribution >= 4 is 11.8 Å². The van der Waals surface area contributed by atoms with Gasteiger partial charge in [0.05, 0.1) is 18.6 Å². The third kappa shape index (κ3) is 3.70. The fourth-order valence-corrected chi connectivity index (χ4v) is 2.81. The molecule has 3 aromatic rings. The highest BCUT2D eigenvalue weighted by Crippen LogP contribution is 2.25. The maximum Gasteiger partial charge on any atom is 0.270 e. The van der Waals surface area contributed by atoms with Gasteiger partial charge in [-0.3, -0.25) is 4.79 Å². The molecule has 25 heavy (non-hydrogen) atoms. The van der Waals surface area contributed by atoms with E-state index in [1.54, 1.807) is 38.3 Å². The highest BCUT2D eigenvalue weighted by atomic mass is 32.2. The predicted molar refractivity (Wildman–Crippen MR) is 90.2 cm³/mol. The van der Waals surface area contributed by atoms with Gasteiger partial charge >= 0.3 is 0 Å². The Labute approximate surface area is 146 Å². The van der Waals surface area contributed by atoms with Gasteiger partial charge in [-0.2, -0.15) is 10.2 Å². The summed E-state index contributed by atoms with van der Waals surface area (Å²) in [6.45, 7) is 1.72. The number of ether oxygens (including phenoxy) is 1. The van der Waals surface area contributed by atoms with Crippen LogP contribution in [0.2, 0.25) is 0 Å². The van der Waals surface area contributed by atoms with Gasteiger partial charge in [-0.05, 0) is 31.2 Å². The van der Waals surface area contributed by atoms with Crippen molar-refractivity contribution in [2.75, 3.05) is 7.11 Å². The Morgan fingerprint density at radius 2 is 2.08 bits per heavy atom. The summed E-state index contributed by atoms with van der Waals surface area (Å²) in [6, 6.07) is 8.89. The summed E-state index contributed by atoms with van der Waals surface area (Å²) in [6.07, 6.45) is 0. The van der Waals surface area contributed by atoms with E-state index in [2.05, 4.69) is 20.1 Å². The highest BCUT2D eigenvalue weighted by Gasteiger charge is 2.14. The van der Waals surface area contributed by atoms with Crippen LogP contribution in [0.1, 0.15) is 17.3 Å². The van der Waals surface area contributed by atoms with Gasteiger partial charge < -0.3 is 14.2 Å². The Balaban J connectivity index is 1.94. The molecule has 0 saturated heterocycles. The smallest absolute Gasteiger partial charge is 0.270 e. The summed E-state index contributed by atoms with van der Waals surface area (Å²) in [5, 5.41) is 13.4. The van der Waals surface area contributed by atoms with Crippen LogP contribution in [0, 0.1) is 18.3 Å². The molecule has 0 bridgehead atoms. The average molecular weight is 355 g/mol. The van der Waals surface area contributed by atoms with Crippen molar-refractivity contribution in [2.24, 2.45) is 0 Å². The van der Waals surface area contributed by atoms with Crippen LogP contribution in [0.15, 0.2) is 38.7 Å². The lowest BCUT2D eigenvalue weighted by Gasteiger charge is -2.06. The molecule has 0 saturated carbocycles. The molecule has 126 valence electrons.